The average Bonchev–Trinajstić information content (AvgIpc) is 2.59. The Hall–Kier alpha value is -2.86. The fourth-order valence-electron chi connectivity index (χ4n) is 2.14. The molecule has 0 atom stereocenters. The van der Waals surface area contributed by atoms with Gasteiger partial charge in [0.1, 0.15) is 0 Å². The van der Waals surface area contributed by atoms with Gasteiger partial charge >= 0.3 is 0 Å². The molecule has 108 valence electrons. The first kappa shape index (κ1) is 15.5. The van der Waals surface area contributed by atoms with E-state index in [9.17, 15) is 4.79 Å². The molecule has 0 unspecified atom stereocenters. The van der Waals surface area contributed by atoms with Crippen molar-refractivity contribution in [3.63, 3.8) is 0 Å². The molecule has 2 aromatic carbocycles. The van der Waals surface area contributed by atoms with Gasteiger partial charge in [-0.3, -0.25) is 4.79 Å². The normalized spacial score (nSPS) is 9.64. The number of hydrogen-bond donors (Lipinski definition) is 1. The Morgan fingerprint density at radius 3 is 1.91 bits per heavy atom. The van der Waals surface area contributed by atoms with Crippen LogP contribution in [0.1, 0.15) is 17.5 Å². The number of hydrogen-bond acceptors (Lipinski definition) is 1. The van der Waals surface area contributed by atoms with E-state index in [1.807, 2.05) is 60.7 Å². The minimum absolute atomic E-state index is 0.0749. The van der Waals surface area contributed by atoms with Crippen LogP contribution in [0.3, 0.4) is 0 Å². The lowest BCUT2D eigenvalue weighted by Gasteiger charge is -2.12. The summed E-state index contributed by atoms with van der Waals surface area (Å²) in [6.07, 6.45) is 0.336. The summed E-state index contributed by atoms with van der Waals surface area (Å²) in [4.78, 5) is 15.8. The van der Waals surface area contributed by atoms with Crippen LogP contribution in [0.4, 0.5) is 0 Å². The van der Waals surface area contributed by atoms with Gasteiger partial charge in [-0.25, -0.2) is 4.85 Å². The van der Waals surface area contributed by atoms with Crippen LogP contribution < -0.4 is 5.32 Å². The molecule has 0 saturated carbocycles. The van der Waals surface area contributed by atoms with Crippen LogP contribution in [0.25, 0.3) is 10.4 Å². The second-order valence-electron chi connectivity index (χ2n) is 4.61. The van der Waals surface area contributed by atoms with Gasteiger partial charge in [0.15, 0.2) is 0 Å². The lowest BCUT2D eigenvalue weighted by atomic mass is 9.95. The molecule has 2 radical (unpaired) electrons. The van der Waals surface area contributed by atoms with Gasteiger partial charge in [0.25, 0.3) is 11.6 Å². The molecule has 0 aliphatic carbocycles. The molecule has 0 saturated heterocycles. The van der Waals surface area contributed by atoms with Crippen molar-refractivity contribution < 1.29 is 4.79 Å². The highest BCUT2D eigenvalue weighted by Crippen LogP contribution is 2.27. The number of nitrogens with zero attached hydrogens (tertiary/aromatic N) is 1. The summed E-state index contributed by atoms with van der Waals surface area (Å²) in [6.45, 7) is 13.2. The van der Waals surface area contributed by atoms with Crippen LogP contribution in [-0.2, 0) is 4.79 Å². The zero-order chi connectivity index (χ0) is 15.8. The van der Waals surface area contributed by atoms with E-state index in [4.69, 9.17) is 13.5 Å². The zero-order valence-corrected chi connectivity index (χ0v) is 12.1. The summed E-state index contributed by atoms with van der Waals surface area (Å²) in [5.41, 5.74) is 2.38. The van der Waals surface area contributed by atoms with E-state index >= 15 is 0 Å². The average molecular weight is 288 g/mol. The standard InChI is InChI=1S/C19H16N2O/c1-3-14-21-19(22)18(20-2)17(15-10-6-4-7-11-15)16-12-8-5-9-13-16/h1,4-13H,3,14H2,(H,21,22). The summed E-state index contributed by atoms with van der Waals surface area (Å²) < 4.78 is 0. The van der Waals surface area contributed by atoms with Crippen molar-refractivity contribution in [2.45, 2.75) is 6.42 Å². The maximum atomic E-state index is 12.3. The maximum Gasteiger partial charge on any atom is 0.258 e. The first-order valence-electron chi connectivity index (χ1n) is 6.98. The van der Waals surface area contributed by atoms with E-state index in [0.717, 1.165) is 11.1 Å². The predicted molar refractivity (Wildman–Crippen MR) is 87.4 cm³/mol. The summed E-state index contributed by atoms with van der Waals surface area (Å²) >= 11 is 0. The van der Waals surface area contributed by atoms with Crippen molar-refractivity contribution in [1.29, 1.82) is 0 Å². The van der Waals surface area contributed by atoms with Gasteiger partial charge in [0.05, 0.1) is 6.57 Å². The molecule has 2 rings (SSSR count). The van der Waals surface area contributed by atoms with Crippen molar-refractivity contribution in [3.05, 3.63) is 95.8 Å². The Morgan fingerprint density at radius 1 is 1.00 bits per heavy atom. The quantitative estimate of drug-likeness (QED) is 0.662. The van der Waals surface area contributed by atoms with Gasteiger partial charge in [-0.15, -0.1) is 0 Å². The van der Waals surface area contributed by atoms with E-state index in [2.05, 4.69) is 10.2 Å². The summed E-state index contributed by atoms with van der Waals surface area (Å²) in [5.74, 6) is -0.400. The second kappa shape index (κ2) is 7.80. The second-order valence-corrected chi connectivity index (χ2v) is 4.61. The first-order chi connectivity index (χ1) is 10.8. The molecular weight excluding hydrogens is 272 g/mol. The number of nitrogens with one attached hydrogen (secondary N) is 1. The van der Waals surface area contributed by atoms with E-state index in [-0.39, 0.29) is 5.70 Å². The van der Waals surface area contributed by atoms with Crippen LogP contribution in [0, 0.1) is 13.5 Å². The fourth-order valence-corrected chi connectivity index (χ4v) is 2.14. The Kier molecular flexibility index (Phi) is 5.50. The molecule has 3 nitrogen and oxygen atoms in total. The van der Waals surface area contributed by atoms with Gasteiger partial charge < -0.3 is 5.32 Å². The van der Waals surface area contributed by atoms with Crippen LogP contribution in [0.5, 0.6) is 0 Å². The molecule has 0 aliphatic heterocycles. The van der Waals surface area contributed by atoms with Crippen molar-refractivity contribution in [1.82, 2.24) is 5.32 Å². The molecule has 1 amide bonds. The molecule has 2 aromatic rings. The first-order valence-corrected chi connectivity index (χ1v) is 6.98. The van der Waals surface area contributed by atoms with E-state index in [0.29, 0.717) is 18.5 Å². The highest BCUT2D eigenvalue weighted by atomic mass is 16.2. The molecule has 0 heterocycles. The van der Waals surface area contributed by atoms with Gasteiger partial charge in [-0.2, -0.15) is 0 Å². The van der Waals surface area contributed by atoms with Gasteiger partial charge in [0, 0.05) is 12.1 Å². The zero-order valence-electron chi connectivity index (χ0n) is 12.1. The van der Waals surface area contributed by atoms with Crippen molar-refractivity contribution in [3.8, 4) is 0 Å². The molecule has 0 spiro atoms. The minimum atomic E-state index is -0.400. The van der Waals surface area contributed by atoms with Gasteiger partial charge in [0.2, 0.25) is 0 Å². The minimum Gasteiger partial charge on any atom is -0.361 e. The highest BCUT2D eigenvalue weighted by Gasteiger charge is 2.18. The Bertz CT molecular complexity index is 656. The van der Waals surface area contributed by atoms with Crippen LogP contribution in [-0.4, -0.2) is 12.5 Å². The topological polar surface area (TPSA) is 33.5 Å². The molecule has 22 heavy (non-hydrogen) atoms. The van der Waals surface area contributed by atoms with E-state index in [1.165, 1.54) is 0 Å². The number of rotatable bonds is 5. The highest BCUT2D eigenvalue weighted by molar-refractivity contribution is 6.06. The largest absolute Gasteiger partial charge is 0.361 e. The lowest BCUT2D eigenvalue weighted by molar-refractivity contribution is -0.117. The third-order valence-corrected chi connectivity index (χ3v) is 3.12. The Morgan fingerprint density at radius 2 is 1.50 bits per heavy atom. The van der Waals surface area contributed by atoms with E-state index in [1.54, 1.807) is 0 Å². The third kappa shape index (κ3) is 3.62. The smallest absolute Gasteiger partial charge is 0.258 e. The van der Waals surface area contributed by atoms with E-state index < -0.39 is 5.91 Å². The monoisotopic (exact) mass is 288 g/mol. The van der Waals surface area contributed by atoms with Gasteiger partial charge in [-0.1, -0.05) is 60.7 Å². The van der Waals surface area contributed by atoms with Crippen LogP contribution in [0.15, 0.2) is 66.4 Å². The molecule has 0 aliphatic rings. The molecule has 0 bridgehead atoms. The third-order valence-electron chi connectivity index (χ3n) is 3.12. The van der Waals surface area contributed by atoms with Crippen molar-refractivity contribution >= 4 is 11.5 Å². The van der Waals surface area contributed by atoms with Crippen molar-refractivity contribution in [2.24, 2.45) is 0 Å². The summed E-state index contributed by atoms with van der Waals surface area (Å²) in [7, 11) is 0. The molecule has 0 aromatic heterocycles. The molecule has 0 fully saturated rings. The number of carbonyl (C=O) groups excluding carboxylic acids is 1. The Labute approximate surface area is 131 Å². The maximum absolute atomic E-state index is 12.3. The SMILES string of the molecule is [C-]#[N+]C(C(=O)NCC[CH])=C(c1ccccc1)c1ccccc1. The van der Waals surface area contributed by atoms with Crippen LogP contribution >= 0.6 is 0 Å². The fraction of sp³-hybridized carbons (Fsp3) is 0.105. The molecular formula is C19H16N2O. The number of amides is 1. The number of benzene rings is 2. The van der Waals surface area contributed by atoms with Gasteiger partial charge in [-0.05, 0) is 24.5 Å². The summed E-state index contributed by atoms with van der Waals surface area (Å²) in [5, 5.41) is 2.67. The Balaban J connectivity index is 2.59. The lowest BCUT2D eigenvalue weighted by Crippen LogP contribution is -2.25. The van der Waals surface area contributed by atoms with Crippen molar-refractivity contribution in [2.75, 3.05) is 6.54 Å². The molecule has 1 N–H and O–H groups in total. The predicted octanol–water partition coefficient (Wildman–Crippen LogP) is 3.58. The molecule has 3 heteroatoms. The summed E-state index contributed by atoms with van der Waals surface area (Å²) in [6, 6.07) is 18.9. The van der Waals surface area contributed by atoms with Crippen LogP contribution in [0.2, 0.25) is 0 Å². The number of carbonyl (C=O) groups is 1.